The summed E-state index contributed by atoms with van der Waals surface area (Å²) in [6, 6.07) is 12.7. The number of nitrogens with zero attached hydrogens (tertiary/aromatic N) is 2. The van der Waals surface area contributed by atoms with Gasteiger partial charge in [0.05, 0.1) is 29.8 Å². The van der Waals surface area contributed by atoms with E-state index in [1.807, 2.05) is 25.1 Å². The second kappa shape index (κ2) is 10.6. The summed E-state index contributed by atoms with van der Waals surface area (Å²) in [5.41, 5.74) is 2.17. The minimum Gasteiger partial charge on any atom is -0.483 e. The predicted octanol–water partition coefficient (Wildman–Crippen LogP) is 3.54. The van der Waals surface area contributed by atoms with E-state index >= 15 is 0 Å². The maximum atomic E-state index is 14.0. The average molecular weight is 631 g/mol. The Balaban J connectivity index is 1.39. The molecule has 3 aromatic rings. The van der Waals surface area contributed by atoms with Gasteiger partial charge in [-0.2, -0.15) is 0 Å². The fraction of sp³-hybridized carbons (Fsp3) is 0.333. The van der Waals surface area contributed by atoms with Crippen LogP contribution in [-0.4, -0.2) is 65.8 Å². The number of rotatable bonds is 5. The van der Waals surface area contributed by atoms with Crippen molar-refractivity contribution in [2.24, 2.45) is 5.92 Å². The van der Waals surface area contributed by atoms with Crippen LogP contribution in [0.5, 0.6) is 5.75 Å². The van der Waals surface area contributed by atoms with E-state index in [0.29, 0.717) is 53.2 Å². The number of amides is 3. The smallest absolute Gasteiger partial charge is 0.305 e. The number of thiazole rings is 1. The molecule has 1 N–H and O–H groups in total. The quantitative estimate of drug-likeness (QED) is 0.430. The number of H-pyrrole nitrogens is 1. The molecule has 3 amide bonds. The van der Waals surface area contributed by atoms with Gasteiger partial charge in [-0.25, -0.2) is 4.90 Å². The number of thioether (sulfide) groups is 1. The molecule has 0 spiro atoms. The summed E-state index contributed by atoms with van der Waals surface area (Å²) in [5, 5.41) is -0.137. The van der Waals surface area contributed by atoms with Crippen molar-refractivity contribution in [1.29, 1.82) is 0 Å². The Morgan fingerprint density at radius 2 is 1.85 bits per heavy atom. The van der Waals surface area contributed by atoms with Crippen molar-refractivity contribution in [1.82, 2.24) is 9.88 Å². The maximum absolute atomic E-state index is 14.0. The number of halogens is 1. The van der Waals surface area contributed by atoms with Crippen molar-refractivity contribution < 1.29 is 23.9 Å². The van der Waals surface area contributed by atoms with Crippen LogP contribution in [0.1, 0.15) is 21.9 Å². The molecule has 3 aliphatic heterocycles. The lowest BCUT2D eigenvalue weighted by molar-refractivity contribution is -0.137. The first kappa shape index (κ1) is 26.3. The second-order valence-electron chi connectivity index (χ2n) is 9.56. The Labute approximate surface area is 240 Å². The number of carbonyl (C=O) groups excluding carboxylic acids is 3. The number of aromatic nitrogens is 1. The SMILES string of the molecule is Cc1ccc(N2C(=O)[C@H]3[C@H](c4cc(Br)ccc4OCC(=O)N4CCOCC4)c4sc(=O)[nH]c4S[C@H]3C2=O)cc1. The molecule has 3 atom stereocenters. The third-order valence-corrected chi connectivity index (χ3v) is 10.0. The monoisotopic (exact) mass is 629 g/mol. The van der Waals surface area contributed by atoms with Crippen LogP contribution in [0.3, 0.4) is 0 Å². The molecular weight excluding hydrogens is 606 g/mol. The van der Waals surface area contributed by atoms with Gasteiger partial charge >= 0.3 is 4.87 Å². The number of ether oxygens (including phenoxy) is 2. The molecule has 2 saturated heterocycles. The Kier molecular flexibility index (Phi) is 7.13. The number of benzene rings is 2. The number of hydrogen-bond donors (Lipinski definition) is 1. The molecule has 0 bridgehead atoms. The second-order valence-corrected chi connectivity index (χ2v) is 12.6. The van der Waals surface area contributed by atoms with Crippen LogP contribution < -0.4 is 14.5 Å². The van der Waals surface area contributed by atoms with Crippen molar-refractivity contribution in [2.45, 2.75) is 23.1 Å². The molecule has 0 radical (unpaired) electrons. The van der Waals surface area contributed by atoms with Crippen LogP contribution in [0.2, 0.25) is 0 Å². The van der Waals surface area contributed by atoms with Crippen LogP contribution >= 0.6 is 39.0 Å². The van der Waals surface area contributed by atoms with Gasteiger partial charge in [0.25, 0.3) is 5.91 Å². The molecule has 1 aromatic heterocycles. The Morgan fingerprint density at radius 3 is 2.59 bits per heavy atom. The van der Waals surface area contributed by atoms with Gasteiger partial charge in [0, 0.05) is 33.9 Å². The third kappa shape index (κ3) is 4.83. The van der Waals surface area contributed by atoms with Crippen molar-refractivity contribution in [2.75, 3.05) is 37.8 Å². The molecule has 0 unspecified atom stereocenters. The van der Waals surface area contributed by atoms with E-state index in [0.717, 1.165) is 21.4 Å². The number of fused-ring (bicyclic) bond motifs is 2. The summed E-state index contributed by atoms with van der Waals surface area (Å²) in [6.45, 7) is 3.75. The van der Waals surface area contributed by atoms with Crippen LogP contribution in [0.4, 0.5) is 5.69 Å². The lowest BCUT2D eigenvalue weighted by atomic mass is 9.82. The lowest BCUT2D eigenvalue weighted by Gasteiger charge is -2.31. The number of morpholine rings is 1. The van der Waals surface area contributed by atoms with E-state index in [2.05, 4.69) is 20.9 Å². The van der Waals surface area contributed by atoms with Crippen molar-refractivity contribution in [3.63, 3.8) is 0 Å². The topological polar surface area (TPSA) is 109 Å². The fourth-order valence-corrected chi connectivity index (χ4v) is 8.12. The van der Waals surface area contributed by atoms with E-state index in [1.54, 1.807) is 29.2 Å². The first-order valence-corrected chi connectivity index (χ1v) is 14.9. The number of imide groups is 1. The minimum absolute atomic E-state index is 0.158. The molecule has 39 heavy (non-hydrogen) atoms. The van der Waals surface area contributed by atoms with Gasteiger partial charge in [0.1, 0.15) is 11.0 Å². The molecule has 6 rings (SSSR count). The number of aromatic amines is 1. The largest absolute Gasteiger partial charge is 0.483 e. The number of anilines is 1. The normalized spacial score (nSPS) is 22.6. The molecule has 3 aliphatic rings. The number of nitrogens with one attached hydrogen (secondary N) is 1. The first-order chi connectivity index (χ1) is 18.8. The molecule has 0 aliphatic carbocycles. The van der Waals surface area contributed by atoms with Crippen molar-refractivity contribution in [3.8, 4) is 5.75 Å². The van der Waals surface area contributed by atoms with E-state index in [-0.39, 0.29) is 29.2 Å². The van der Waals surface area contributed by atoms with Gasteiger partial charge < -0.3 is 19.4 Å². The Morgan fingerprint density at radius 1 is 1.10 bits per heavy atom. The van der Waals surface area contributed by atoms with E-state index in [1.165, 1.54) is 16.7 Å². The molecule has 2 aromatic carbocycles. The highest BCUT2D eigenvalue weighted by Crippen LogP contribution is 2.54. The Hall–Kier alpha value is -2.93. The van der Waals surface area contributed by atoms with Crippen LogP contribution in [0.15, 0.2) is 56.8 Å². The van der Waals surface area contributed by atoms with Gasteiger partial charge in [0.2, 0.25) is 11.8 Å². The van der Waals surface area contributed by atoms with Crippen molar-refractivity contribution in [3.05, 3.63) is 72.6 Å². The highest BCUT2D eigenvalue weighted by Gasteiger charge is 2.56. The Bertz CT molecular complexity index is 1510. The summed E-state index contributed by atoms with van der Waals surface area (Å²) < 4.78 is 12.1. The maximum Gasteiger partial charge on any atom is 0.305 e. The van der Waals surface area contributed by atoms with Crippen molar-refractivity contribution >= 4 is 62.4 Å². The highest BCUT2D eigenvalue weighted by molar-refractivity contribution is 9.10. The van der Waals surface area contributed by atoms with E-state index in [9.17, 15) is 19.2 Å². The predicted molar refractivity (Wildman–Crippen MR) is 151 cm³/mol. The van der Waals surface area contributed by atoms with E-state index in [4.69, 9.17) is 9.47 Å². The van der Waals surface area contributed by atoms with Crippen LogP contribution in [-0.2, 0) is 19.1 Å². The van der Waals surface area contributed by atoms with Gasteiger partial charge in [-0.1, -0.05) is 56.7 Å². The third-order valence-electron chi connectivity index (χ3n) is 7.14. The summed E-state index contributed by atoms with van der Waals surface area (Å²) >= 11 is 5.78. The zero-order valence-electron chi connectivity index (χ0n) is 20.8. The number of carbonyl (C=O) groups is 3. The van der Waals surface area contributed by atoms with Crippen LogP contribution in [0.25, 0.3) is 0 Å². The van der Waals surface area contributed by atoms with Gasteiger partial charge in [-0.15, -0.1) is 0 Å². The molecule has 12 heteroatoms. The standard InChI is InChI=1S/C27H24BrN3O6S2/c1-14-2-5-16(6-3-14)31-25(33)21-20(22-24(29-27(35)39-22)38-23(21)26(31)34)17-12-15(28)4-7-18(17)37-13-19(32)30-8-10-36-11-9-30/h2-7,12,20-21,23H,8-11,13H2,1H3,(H,29,35)/t20-,21-,23+/m0/s1. The first-order valence-electron chi connectivity index (χ1n) is 12.4. The van der Waals surface area contributed by atoms with Gasteiger partial charge in [-0.3, -0.25) is 19.2 Å². The summed E-state index contributed by atoms with van der Waals surface area (Å²) in [7, 11) is 0. The highest BCUT2D eigenvalue weighted by atomic mass is 79.9. The van der Waals surface area contributed by atoms with E-state index < -0.39 is 17.1 Å². The summed E-state index contributed by atoms with van der Waals surface area (Å²) in [4.78, 5) is 59.1. The molecular formula is C27H24BrN3O6S2. The summed E-state index contributed by atoms with van der Waals surface area (Å²) in [6.07, 6.45) is 0. The molecule has 9 nitrogen and oxygen atoms in total. The number of aryl methyl sites for hydroxylation is 1. The molecule has 2 fully saturated rings. The van der Waals surface area contributed by atoms with Gasteiger partial charge in [-0.05, 0) is 37.3 Å². The molecule has 202 valence electrons. The average Bonchev–Trinajstić information content (AvgIpc) is 3.43. The molecule has 0 saturated carbocycles. The molecule has 4 heterocycles. The zero-order valence-corrected chi connectivity index (χ0v) is 24.1. The lowest BCUT2D eigenvalue weighted by Crippen LogP contribution is -2.43. The zero-order chi connectivity index (χ0) is 27.3. The fourth-order valence-electron chi connectivity index (χ4n) is 5.24. The summed E-state index contributed by atoms with van der Waals surface area (Å²) in [5.74, 6) is -1.75. The van der Waals surface area contributed by atoms with Gasteiger partial charge in [0.15, 0.2) is 6.61 Å². The van der Waals surface area contributed by atoms with Crippen LogP contribution in [0, 0.1) is 12.8 Å². The minimum atomic E-state index is -0.755. The number of hydrogen-bond acceptors (Lipinski definition) is 8.